The molecular weight excluding hydrogens is 406 g/mol. The standard InChI is InChI=1S/C23H18ClNO3S/c1-2-14-5-7-15(8-6-14)21(26)19-20(18-4-3-13-29-18)25(23(28)22(19)27)17-11-9-16(24)10-12-17/h3-13,20,26H,2H2,1H3/b21-19-. The predicted octanol–water partition coefficient (Wildman–Crippen LogP) is 5.59. The lowest BCUT2D eigenvalue weighted by Gasteiger charge is -2.24. The van der Waals surface area contributed by atoms with Crippen LogP contribution in [0.1, 0.15) is 29.0 Å². The lowest BCUT2D eigenvalue weighted by molar-refractivity contribution is -0.132. The van der Waals surface area contributed by atoms with Gasteiger partial charge in [0.05, 0.1) is 5.57 Å². The first-order valence-electron chi connectivity index (χ1n) is 9.20. The Balaban J connectivity index is 1.88. The van der Waals surface area contributed by atoms with Gasteiger partial charge in [-0.3, -0.25) is 14.5 Å². The van der Waals surface area contributed by atoms with Gasteiger partial charge in [0.2, 0.25) is 0 Å². The van der Waals surface area contributed by atoms with E-state index in [9.17, 15) is 14.7 Å². The van der Waals surface area contributed by atoms with Gasteiger partial charge in [-0.25, -0.2) is 0 Å². The van der Waals surface area contributed by atoms with Gasteiger partial charge < -0.3 is 5.11 Å². The molecule has 0 spiro atoms. The summed E-state index contributed by atoms with van der Waals surface area (Å²) >= 11 is 7.42. The molecule has 29 heavy (non-hydrogen) atoms. The fraction of sp³-hybridized carbons (Fsp3) is 0.130. The number of rotatable bonds is 4. The first-order valence-corrected chi connectivity index (χ1v) is 10.5. The van der Waals surface area contributed by atoms with Gasteiger partial charge in [-0.05, 0) is 47.7 Å². The van der Waals surface area contributed by atoms with Crippen molar-refractivity contribution in [1.82, 2.24) is 0 Å². The number of carbonyl (C=O) groups is 2. The van der Waals surface area contributed by atoms with Gasteiger partial charge in [0.15, 0.2) is 0 Å². The van der Waals surface area contributed by atoms with E-state index in [0.29, 0.717) is 16.3 Å². The first kappa shape index (κ1) is 19.4. The number of aliphatic hydroxyl groups excluding tert-OH is 1. The maximum absolute atomic E-state index is 13.0. The van der Waals surface area contributed by atoms with Crippen molar-refractivity contribution >= 4 is 46.1 Å². The average Bonchev–Trinajstić information content (AvgIpc) is 3.36. The number of thiophene rings is 1. The molecule has 0 saturated carbocycles. The maximum atomic E-state index is 13.0. The number of carbonyl (C=O) groups excluding carboxylic acids is 2. The van der Waals surface area contributed by atoms with E-state index in [4.69, 9.17) is 11.6 Å². The second-order valence-corrected chi connectivity index (χ2v) is 8.13. The quantitative estimate of drug-likeness (QED) is 0.338. The van der Waals surface area contributed by atoms with Crippen LogP contribution < -0.4 is 4.90 Å². The van der Waals surface area contributed by atoms with E-state index >= 15 is 0 Å². The molecule has 1 amide bonds. The Hall–Kier alpha value is -2.89. The monoisotopic (exact) mass is 423 g/mol. The molecule has 6 heteroatoms. The number of amides is 1. The summed E-state index contributed by atoms with van der Waals surface area (Å²) in [6, 6.07) is 17.1. The van der Waals surface area contributed by atoms with E-state index in [1.54, 1.807) is 36.4 Å². The molecule has 4 rings (SSSR count). The van der Waals surface area contributed by atoms with Crippen molar-refractivity contribution in [3.05, 3.63) is 92.6 Å². The summed E-state index contributed by atoms with van der Waals surface area (Å²) in [6.45, 7) is 2.04. The maximum Gasteiger partial charge on any atom is 0.300 e. The minimum Gasteiger partial charge on any atom is -0.507 e. The number of hydrogen-bond acceptors (Lipinski definition) is 4. The molecule has 3 aromatic rings. The lowest BCUT2D eigenvalue weighted by Crippen LogP contribution is -2.29. The van der Waals surface area contributed by atoms with Gasteiger partial charge in [-0.1, -0.05) is 48.9 Å². The zero-order valence-electron chi connectivity index (χ0n) is 15.6. The van der Waals surface area contributed by atoms with Crippen LogP contribution in [-0.2, 0) is 16.0 Å². The lowest BCUT2D eigenvalue weighted by atomic mass is 9.99. The predicted molar refractivity (Wildman–Crippen MR) is 116 cm³/mol. The topological polar surface area (TPSA) is 57.6 Å². The van der Waals surface area contributed by atoms with Crippen LogP contribution >= 0.6 is 22.9 Å². The third kappa shape index (κ3) is 3.48. The van der Waals surface area contributed by atoms with Crippen molar-refractivity contribution in [3.63, 3.8) is 0 Å². The Morgan fingerprint density at radius 1 is 1.07 bits per heavy atom. The van der Waals surface area contributed by atoms with Crippen molar-refractivity contribution in [2.75, 3.05) is 4.90 Å². The summed E-state index contributed by atoms with van der Waals surface area (Å²) in [5.74, 6) is -1.53. The molecule has 1 N–H and O–H groups in total. The minimum absolute atomic E-state index is 0.0941. The average molecular weight is 424 g/mol. The van der Waals surface area contributed by atoms with Crippen LogP contribution in [-0.4, -0.2) is 16.8 Å². The zero-order chi connectivity index (χ0) is 20.5. The van der Waals surface area contributed by atoms with Gasteiger partial charge in [0.25, 0.3) is 11.7 Å². The van der Waals surface area contributed by atoms with Crippen LogP contribution in [0.4, 0.5) is 5.69 Å². The SMILES string of the molecule is CCc1ccc(/C(O)=C2/C(=O)C(=O)N(c3ccc(Cl)cc3)C2c2cccs2)cc1. The molecule has 1 aliphatic heterocycles. The van der Waals surface area contributed by atoms with Gasteiger partial charge in [0.1, 0.15) is 11.8 Å². The van der Waals surface area contributed by atoms with E-state index in [2.05, 4.69) is 0 Å². The molecule has 2 aromatic carbocycles. The van der Waals surface area contributed by atoms with E-state index in [1.165, 1.54) is 16.2 Å². The van der Waals surface area contributed by atoms with Crippen LogP contribution in [0.2, 0.25) is 5.02 Å². The molecule has 1 atom stereocenters. The van der Waals surface area contributed by atoms with Crippen molar-refractivity contribution in [2.45, 2.75) is 19.4 Å². The number of anilines is 1. The van der Waals surface area contributed by atoms with Crippen molar-refractivity contribution in [2.24, 2.45) is 0 Å². The number of nitrogens with zero attached hydrogens (tertiary/aromatic N) is 1. The summed E-state index contributed by atoms with van der Waals surface area (Å²) < 4.78 is 0. The summed E-state index contributed by atoms with van der Waals surface area (Å²) in [5.41, 5.74) is 2.28. The highest BCUT2D eigenvalue weighted by atomic mass is 35.5. The zero-order valence-corrected chi connectivity index (χ0v) is 17.2. The Morgan fingerprint density at radius 2 is 1.76 bits per heavy atom. The summed E-state index contributed by atoms with van der Waals surface area (Å²) in [7, 11) is 0. The van der Waals surface area contributed by atoms with Gasteiger partial charge in [0, 0.05) is 21.2 Å². The van der Waals surface area contributed by atoms with Crippen molar-refractivity contribution in [3.8, 4) is 0 Å². The van der Waals surface area contributed by atoms with Gasteiger partial charge in [-0.15, -0.1) is 11.3 Å². The minimum atomic E-state index is -0.699. The molecule has 1 aliphatic rings. The fourth-order valence-corrected chi connectivity index (χ4v) is 4.42. The summed E-state index contributed by atoms with van der Waals surface area (Å²) in [6.07, 6.45) is 0.872. The Labute approximate surface area is 177 Å². The molecule has 2 heterocycles. The normalized spacial score (nSPS) is 18.4. The number of aryl methyl sites for hydroxylation is 1. The second kappa shape index (κ2) is 7.85. The number of benzene rings is 2. The Kier molecular flexibility index (Phi) is 5.26. The second-order valence-electron chi connectivity index (χ2n) is 6.71. The molecular formula is C23H18ClNO3S. The molecule has 1 saturated heterocycles. The van der Waals surface area contributed by atoms with E-state index in [-0.39, 0.29) is 11.3 Å². The van der Waals surface area contributed by atoms with Crippen LogP contribution in [0.3, 0.4) is 0 Å². The highest BCUT2D eigenvalue weighted by Gasteiger charge is 2.47. The third-order valence-corrected chi connectivity index (χ3v) is 6.17. The number of Topliss-reactive ketones (excluding diaryl/α,β-unsaturated/α-hetero) is 1. The highest BCUT2D eigenvalue weighted by molar-refractivity contribution is 7.10. The summed E-state index contributed by atoms with van der Waals surface area (Å²) in [5, 5.41) is 13.4. The number of ketones is 1. The first-order chi connectivity index (χ1) is 14.0. The number of halogens is 1. The van der Waals surface area contributed by atoms with Crippen LogP contribution in [0.5, 0.6) is 0 Å². The molecule has 146 valence electrons. The smallest absolute Gasteiger partial charge is 0.300 e. The largest absolute Gasteiger partial charge is 0.507 e. The van der Waals surface area contributed by atoms with Gasteiger partial charge >= 0.3 is 0 Å². The van der Waals surface area contributed by atoms with E-state index in [0.717, 1.165) is 16.9 Å². The van der Waals surface area contributed by atoms with E-state index in [1.807, 2.05) is 36.6 Å². The molecule has 4 nitrogen and oxygen atoms in total. The summed E-state index contributed by atoms with van der Waals surface area (Å²) in [4.78, 5) is 28.1. The van der Waals surface area contributed by atoms with Crippen LogP contribution in [0.25, 0.3) is 5.76 Å². The Bertz CT molecular complexity index is 1090. The molecule has 0 aliphatic carbocycles. The van der Waals surface area contributed by atoms with Crippen molar-refractivity contribution in [1.29, 1.82) is 0 Å². The molecule has 1 unspecified atom stereocenters. The fourth-order valence-electron chi connectivity index (χ4n) is 3.47. The molecule has 1 fully saturated rings. The third-order valence-electron chi connectivity index (χ3n) is 5.00. The Morgan fingerprint density at radius 3 is 2.34 bits per heavy atom. The van der Waals surface area contributed by atoms with E-state index < -0.39 is 17.7 Å². The molecule has 0 bridgehead atoms. The van der Waals surface area contributed by atoms with Crippen LogP contribution in [0, 0.1) is 0 Å². The number of hydrogen-bond donors (Lipinski definition) is 1. The highest BCUT2D eigenvalue weighted by Crippen LogP contribution is 2.43. The van der Waals surface area contributed by atoms with Crippen LogP contribution in [0.15, 0.2) is 71.6 Å². The molecule has 1 aromatic heterocycles. The van der Waals surface area contributed by atoms with Gasteiger partial charge in [-0.2, -0.15) is 0 Å². The molecule has 0 radical (unpaired) electrons. The number of aliphatic hydroxyl groups is 1. The van der Waals surface area contributed by atoms with Crippen molar-refractivity contribution < 1.29 is 14.7 Å².